The number of carbonyl (C=O) groups is 1. The zero-order valence-corrected chi connectivity index (χ0v) is 7.73. The summed E-state index contributed by atoms with van der Waals surface area (Å²) < 4.78 is 0. The van der Waals surface area contributed by atoms with Crippen LogP contribution in [0, 0.1) is 0 Å². The first-order valence-electron chi connectivity index (χ1n) is 4.13. The van der Waals surface area contributed by atoms with Gasteiger partial charge in [0, 0.05) is 18.2 Å². The van der Waals surface area contributed by atoms with E-state index in [9.17, 15) is 4.79 Å². The van der Waals surface area contributed by atoms with Crippen molar-refractivity contribution in [1.29, 1.82) is 0 Å². The lowest BCUT2D eigenvalue weighted by Gasteiger charge is -2.25. The fourth-order valence-electron chi connectivity index (χ4n) is 1.51. The van der Waals surface area contributed by atoms with Crippen LogP contribution >= 0.6 is 12.6 Å². The first-order chi connectivity index (χ1) is 5.18. The van der Waals surface area contributed by atoms with E-state index in [4.69, 9.17) is 0 Å². The molecule has 1 saturated carbocycles. The van der Waals surface area contributed by atoms with Crippen molar-refractivity contribution in [3.63, 3.8) is 0 Å². The Morgan fingerprint density at radius 1 is 1.36 bits per heavy atom. The molecule has 0 atom stereocenters. The fourth-order valence-corrected chi connectivity index (χ4v) is 1.81. The SMILES string of the molecule is CC(=O)NC1CCC(S)CC1. The highest BCUT2D eigenvalue weighted by atomic mass is 32.1. The second kappa shape index (κ2) is 4.00. The topological polar surface area (TPSA) is 29.1 Å². The Hall–Kier alpha value is -0.180. The summed E-state index contributed by atoms with van der Waals surface area (Å²) in [6.45, 7) is 1.58. The van der Waals surface area contributed by atoms with Crippen molar-refractivity contribution in [2.45, 2.75) is 43.9 Å². The Labute approximate surface area is 73.2 Å². The van der Waals surface area contributed by atoms with Crippen molar-refractivity contribution in [3.8, 4) is 0 Å². The predicted octanol–water partition coefficient (Wildman–Crippen LogP) is 1.36. The number of carbonyl (C=O) groups excluding carboxylic acids is 1. The van der Waals surface area contributed by atoms with Crippen LogP contribution in [0.3, 0.4) is 0 Å². The molecule has 3 heteroatoms. The highest BCUT2D eigenvalue weighted by molar-refractivity contribution is 7.80. The molecule has 0 radical (unpaired) electrons. The third kappa shape index (κ3) is 3.14. The van der Waals surface area contributed by atoms with Crippen LogP contribution in [0.5, 0.6) is 0 Å². The molecular weight excluding hydrogens is 158 g/mol. The maximum absolute atomic E-state index is 10.7. The van der Waals surface area contributed by atoms with Crippen molar-refractivity contribution in [3.05, 3.63) is 0 Å². The molecule has 0 bridgehead atoms. The number of amides is 1. The normalized spacial score (nSPS) is 31.5. The quantitative estimate of drug-likeness (QED) is 0.576. The largest absolute Gasteiger partial charge is 0.354 e. The number of rotatable bonds is 1. The van der Waals surface area contributed by atoms with Gasteiger partial charge in [-0.15, -0.1) is 0 Å². The van der Waals surface area contributed by atoms with E-state index in [1.807, 2.05) is 0 Å². The molecule has 1 aliphatic carbocycles. The summed E-state index contributed by atoms with van der Waals surface area (Å²) in [5.41, 5.74) is 0. The maximum Gasteiger partial charge on any atom is 0.217 e. The van der Waals surface area contributed by atoms with Crippen LogP contribution in [0.2, 0.25) is 0 Å². The molecule has 0 heterocycles. The minimum atomic E-state index is 0.0904. The van der Waals surface area contributed by atoms with Gasteiger partial charge in [0.05, 0.1) is 0 Å². The molecule has 1 aliphatic rings. The monoisotopic (exact) mass is 173 g/mol. The van der Waals surface area contributed by atoms with E-state index in [2.05, 4.69) is 17.9 Å². The van der Waals surface area contributed by atoms with Crippen LogP contribution in [0.1, 0.15) is 32.6 Å². The van der Waals surface area contributed by atoms with Crippen molar-refractivity contribution in [1.82, 2.24) is 5.32 Å². The standard InChI is InChI=1S/C8H15NOS/c1-6(10)9-7-2-4-8(11)5-3-7/h7-8,11H,2-5H2,1H3,(H,9,10). The van der Waals surface area contributed by atoms with Gasteiger partial charge in [-0.05, 0) is 25.7 Å². The van der Waals surface area contributed by atoms with Crippen molar-refractivity contribution >= 4 is 18.5 Å². The summed E-state index contributed by atoms with van der Waals surface area (Å²) >= 11 is 4.38. The molecule has 0 saturated heterocycles. The predicted molar refractivity (Wildman–Crippen MR) is 48.8 cm³/mol. The van der Waals surface area contributed by atoms with Crippen molar-refractivity contribution < 1.29 is 4.79 Å². The summed E-state index contributed by atoms with van der Waals surface area (Å²) in [6, 6.07) is 0.413. The van der Waals surface area contributed by atoms with Crippen molar-refractivity contribution in [2.24, 2.45) is 0 Å². The van der Waals surface area contributed by atoms with Gasteiger partial charge in [-0.2, -0.15) is 12.6 Å². The minimum absolute atomic E-state index is 0.0904. The number of hydrogen-bond acceptors (Lipinski definition) is 2. The highest BCUT2D eigenvalue weighted by Crippen LogP contribution is 2.22. The van der Waals surface area contributed by atoms with Gasteiger partial charge < -0.3 is 5.32 Å². The molecule has 1 rings (SSSR count). The van der Waals surface area contributed by atoms with Crippen LogP contribution in [-0.4, -0.2) is 17.2 Å². The van der Waals surface area contributed by atoms with Gasteiger partial charge in [0.1, 0.15) is 0 Å². The van der Waals surface area contributed by atoms with Gasteiger partial charge in [-0.1, -0.05) is 0 Å². The van der Waals surface area contributed by atoms with Crippen LogP contribution in [0.25, 0.3) is 0 Å². The Balaban J connectivity index is 2.22. The lowest BCUT2D eigenvalue weighted by Crippen LogP contribution is -2.36. The van der Waals surface area contributed by atoms with Crippen LogP contribution in [0.4, 0.5) is 0 Å². The molecule has 0 aliphatic heterocycles. The third-order valence-corrected chi connectivity index (χ3v) is 2.62. The van der Waals surface area contributed by atoms with Gasteiger partial charge in [0.2, 0.25) is 5.91 Å². The molecule has 2 nitrogen and oxygen atoms in total. The first-order valence-corrected chi connectivity index (χ1v) is 4.65. The highest BCUT2D eigenvalue weighted by Gasteiger charge is 2.18. The molecule has 0 aromatic rings. The van der Waals surface area contributed by atoms with E-state index in [0.29, 0.717) is 11.3 Å². The second-order valence-electron chi connectivity index (χ2n) is 3.21. The molecule has 1 fully saturated rings. The smallest absolute Gasteiger partial charge is 0.217 e. The molecule has 11 heavy (non-hydrogen) atoms. The van der Waals surface area contributed by atoms with E-state index < -0.39 is 0 Å². The molecule has 1 amide bonds. The second-order valence-corrected chi connectivity index (χ2v) is 3.94. The lowest BCUT2D eigenvalue weighted by molar-refractivity contribution is -0.119. The molecular formula is C8H15NOS. The van der Waals surface area contributed by atoms with E-state index in [1.54, 1.807) is 6.92 Å². The third-order valence-electron chi connectivity index (χ3n) is 2.10. The fraction of sp³-hybridized carbons (Fsp3) is 0.875. The molecule has 0 aromatic heterocycles. The molecule has 0 aromatic carbocycles. The summed E-state index contributed by atoms with van der Waals surface area (Å²) in [5, 5.41) is 3.48. The zero-order valence-electron chi connectivity index (χ0n) is 6.84. The Bertz CT molecular complexity index is 141. The molecule has 0 spiro atoms. The minimum Gasteiger partial charge on any atom is -0.354 e. The Morgan fingerprint density at radius 2 is 1.91 bits per heavy atom. The summed E-state index contributed by atoms with van der Waals surface area (Å²) in [6.07, 6.45) is 4.45. The van der Waals surface area contributed by atoms with Crippen LogP contribution in [0.15, 0.2) is 0 Å². The Kier molecular flexibility index (Phi) is 3.24. The van der Waals surface area contributed by atoms with Gasteiger partial charge in [-0.3, -0.25) is 4.79 Å². The summed E-state index contributed by atoms with van der Waals surface area (Å²) in [5.74, 6) is 0.0904. The van der Waals surface area contributed by atoms with Crippen LogP contribution < -0.4 is 5.32 Å². The van der Waals surface area contributed by atoms with E-state index >= 15 is 0 Å². The van der Waals surface area contributed by atoms with E-state index in [0.717, 1.165) is 25.7 Å². The van der Waals surface area contributed by atoms with E-state index in [1.165, 1.54) is 0 Å². The van der Waals surface area contributed by atoms with Gasteiger partial charge in [0.25, 0.3) is 0 Å². The number of hydrogen-bond donors (Lipinski definition) is 2. The molecule has 1 N–H and O–H groups in total. The average Bonchev–Trinajstić information content (AvgIpc) is 1.93. The first kappa shape index (κ1) is 8.91. The van der Waals surface area contributed by atoms with Gasteiger partial charge in [-0.25, -0.2) is 0 Å². The lowest BCUT2D eigenvalue weighted by atomic mass is 9.95. The molecule has 64 valence electrons. The summed E-state index contributed by atoms with van der Waals surface area (Å²) in [7, 11) is 0. The molecule has 0 unspecified atom stereocenters. The van der Waals surface area contributed by atoms with Crippen LogP contribution in [-0.2, 0) is 4.79 Å². The average molecular weight is 173 g/mol. The number of nitrogens with one attached hydrogen (secondary N) is 1. The van der Waals surface area contributed by atoms with Gasteiger partial charge in [0.15, 0.2) is 0 Å². The zero-order chi connectivity index (χ0) is 8.27. The Morgan fingerprint density at radius 3 is 2.36 bits per heavy atom. The van der Waals surface area contributed by atoms with Gasteiger partial charge >= 0.3 is 0 Å². The maximum atomic E-state index is 10.7. The number of thiol groups is 1. The van der Waals surface area contributed by atoms with E-state index in [-0.39, 0.29) is 5.91 Å². The summed E-state index contributed by atoms with van der Waals surface area (Å²) in [4.78, 5) is 10.7. The van der Waals surface area contributed by atoms with Crippen molar-refractivity contribution in [2.75, 3.05) is 0 Å².